The topological polar surface area (TPSA) is 85.9 Å². The summed E-state index contributed by atoms with van der Waals surface area (Å²) in [5.74, 6) is -0.958. The molecule has 0 unspecified atom stereocenters. The van der Waals surface area contributed by atoms with Gasteiger partial charge in [0.05, 0.1) is 16.3 Å². The van der Waals surface area contributed by atoms with E-state index in [-0.39, 0.29) is 11.3 Å². The van der Waals surface area contributed by atoms with E-state index < -0.39 is 5.97 Å². The second-order valence-electron chi connectivity index (χ2n) is 6.72. The number of thioether (sulfide) groups is 1. The summed E-state index contributed by atoms with van der Waals surface area (Å²) >= 11 is 2.68. The lowest BCUT2D eigenvalue weighted by molar-refractivity contribution is -0.301. The van der Waals surface area contributed by atoms with Gasteiger partial charge in [-0.05, 0) is 48.4 Å². The molecule has 0 amide bonds. The van der Waals surface area contributed by atoms with Crippen LogP contribution < -0.4 is 10.7 Å². The minimum atomic E-state index is -1.16. The summed E-state index contributed by atoms with van der Waals surface area (Å²) < 4.78 is 0. The Kier molecular flexibility index (Phi) is 5.37. The minimum absolute atomic E-state index is 0.152. The zero-order valence-corrected chi connectivity index (χ0v) is 17.0. The summed E-state index contributed by atoms with van der Waals surface area (Å²) in [6, 6.07) is 8.04. The molecule has 1 N–H and O–H groups in total. The molecule has 2 aromatic heterocycles. The highest BCUT2D eigenvalue weighted by Crippen LogP contribution is 2.36. The number of hydrogen-bond acceptors (Lipinski definition) is 6. The van der Waals surface area contributed by atoms with E-state index in [9.17, 15) is 14.7 Å². The fraction of sp³-hybridized carbons (Fsp3) is 0.286. The van der Waals surface area contributed by atoms with E-state index in [2.05, 4.69) is 16.9 Å². The van der Waals surface area contributed by atoms with Gasteiger partial charge in [-0.25, -0.2) is 4.98 Å². The Morgan fingerprint density at radius 2 is 2.11 bits per heavy atom. The predicted molar refractivity (Wildman–Crippen MR) is 113 cm³/mol. The number of thiophene rings is 1. The van der Waals surface area contributed by atoms with Crippen molar-refractivity contribution in [2.45, 2.75) is 32.6 Å². The number of hydrogen-bond donors (Lipinski definition) is 1. The minimum Gasteiger partial charge on any atom is -0.549 e. The molecule has 2 heterocycles. The summed E-state index contributed by atoms with van der Waals surface area (Å²) in [4.78, 5) is 33.9. The van der Waals surface area contributed by atoms with Crippen LogP contribution in [0.1, 0.15) is 40.7 Å². The molecular formula is C21H19N2O3S2-. The molecule has 1 aromatic carbocycles. The number of aliphatic carboxylic acids is 1. The van der Waals surface area contributed by atoms with Crippen molar-refractivity contribution in [3.63, 3.8) is 0 Å². The molecule has 4 rings (SSSR count). The molecule has 0 atom stereocenters. The molecule has 0 aliphatic heterocycles. The highest BCUT2D eigenvalue weighted by molar-refractivity contribution is 8.09. The maximum Gasteiger partial charge on any atom is 0.260 e. The Morgan fingerprint density at radius 3 is 2.82 bits per heavy atom. The third kappa shape index (κ3) is 3.77. The number of fused-ring (bicyclic) bond motifs is 3. The van der Waals surface area contributed by atoms with Crippen molar-refractivity contribution >= 4 is 50.3 Å². The van der Waals surface area contributed by atoms with E-state index in [1.807, 2.05) is 30.3 Å². The van der Waals surface area contributed by atoms with Gasteiger partial charge in [0.2, 0.25) is 0 Å². The molecule has 5 nitrogen and oxygen atoms in total. The molecule has 144 valence electrons. The summed E-state index contributed by atoms with van der Waals surface area (Å²) in [6.45, 7) is 2.09. The van der Waals surface area contributed by atoms with Gasteiger partial charge in [-0.15, -0.1) is 23.1 Å². The van der Waals surface area contributed by atoms with Crippen molar-refractivity contribution in [2.75, 3.05) is 5.75 Å². The number of aromatic amines is 1. The molecular weight excluding hydrogens is 392 g/mol. The molecule has 0 radical (unpaired) electrons. The first-order valence-corrected chi connectivity index (χ1v) is 11.0. The number of benzene rings is 1. The molecule has 3 aromatic rings. The number of H-pyrrole nitrogens is 1. The van der Waals surface area contributed by atoms with Crippen LogP contribution in [0.5, 0.6) is 0 Å². The number of nitrogens with one attached hydrogen (secondary N) is 1. The summed E-state index contributed by atoms with van der Waals surface area (Å²) in [6.07, 6.45) is 5.81. The van der Waals surface area contributed by atoms with Crippen LogP contribution in [0.3, 0.4) is 0 Å². The van der Waals surface area contributed by atoms with Crippen LogP contribution in [0.2, 0.25) is 0 Å². The number of carboxylic acids is 1. The highest BCUT2D eigenvalue weighted by atomic mass is 32.2. The first-order chi connectivity index (χ1) is 13.5. The lowest BCUT2D eigenvalue weighted by Gasteiger charge is -2.08. The van der Waals surface area contributed by atoms with E-state index in [0.717, 1.165) is 53.4 Å². The summed E-state index contributed by atoms with van der Waals surface area (Å²) in [7, 11) is 0. The molecule has 7 heteroatoms. The number of rotatable bonds is 6. The summed E-state index contributed by atoms with van der Waals surface area (Å²) in [5.41, 5.74) is 3.13. The Labute approximate surface area is 170 Å². The van der Waals surface area contributed by atoms with E-state index in [0.29, 0.717) is 16.1 Å². The number of carboxylic acid groups (broad SMARTS) is 1. The molecule has 0 bridgehead atoms. The Morgan fingerprint density at radius 1 is 1.32 bits per heavy atom. The zero-order chi connectivity index (χ0) is 19.7. The van der Waals surface area contributed by atoms with E-state index in [1.165, 1.54) is 10.4 Å². The van der Waals surface area contributed by atoms with Crippen molar-refractivity contribution in [3.8, 4) is 0 Å². The Balaban J connectivity index is 1.78. The van der Waals surface area contributed by atoms with Crippen LogP contribution in [0, 0.1) is 0 Å². The van der Waals surface area contributed by atoms with Gasteiger partial charge in [0.25, 0.3) is 5.56 Å². The second-order valence-corrected chi connectivity index (χ2v) is 8.82. The van der Waals surface area contributed by atoms with Crippen molar-refractivity contribution in [1.82, 2.24) is 9.97 Å². The molecule has 0 fully saturated rings. The van der Waals surface area contributed by atoms with Gasteiger partial charge in [0.15, 0.2) is 0 Å². The van der Waals surface area contributed by atoms with E-state index >= 15 is 0 Å². The SMILES string of the molecule is CCc1ccc(/C=C(\SCC(=O)[O-])c2nc3sc4c(c3c(=O)[nH]2)CCC4)cc1. The van der Waals surface area contributed by atoms with Gasteiger partial charge < -0.3 is 14.9 Å². The van der Waals surface area contributed by atoms with Gasteiger partial charge in [-0.2, -0.15) is 0 Å². The zero-order valence-electron chi connectivity index (χ0n) is 15.4. The average Bonchev–Trinajstić information content (AvgIpc) is 3.26. The Hall–Kier alpha value is -2.38. The maximum atomic E-state index is 12.7. The van der Waals surface area contributed by atoms with Gasteiger partial charge in [-0.1, -0.05) is 31.2 Å². The molecule has 28 heavy (non-hydrogen) atoms. The number of carbonyl (C=O) groups excluding carboxylic acids is 1. The Bertz CT molecular complexity index is 1130. The third-order valence-corrected chi connectivity index (χ3v) is 7.03. The molecule has 0 saturated carbocycles. The normalized spacial score (nSPS) is 13.8. The number of nitrogens with zero attached hydrogens (tertiary/aromatic N) is 1. The van der Waals surface area contributed by atoms with Crippen molar-refractivity contribution in [1.29, 1.82) is 0 Å². The van der Waals surface area contributed by atoms with E-state index in [1.54, 1.807) is 11.3 Å². The first-order valence-electron chi connectivity index (χ1n) is 9.23. The lowest BCUT2D eigenvalue weighted by Crippen LogP contribution is -2.24. The maximum absolute atomic E-state index is 12.7. The largest absolute Gasteiger partial charge is 0.549 e. The highest BCUT2D eigenvalue weighted by Gasteiger charge is 2.21. The van der Waals surface area contributed by atoms with Crippen molar-refractivity contribution < 1.29 is 9.90 Å². The fourth-order valence-corrected chi connectivity index (χ4v) is 5.42. The number of aromatic nitrogens is 2. The molecule has 0 saturated heterocycles. The lowest BCUT2D eigenvalue weighted by atomic mass is 10.1. The summed E-state index contributed by atoms with van der Waals surface area (Å²) in [5, 5.41) is 11.7. The molecule has 1 aliphatic carbocycles. The average molecular weight is 412 g/mol. The van der Waals surface area contributed by atoms with Crippen LogP contribution in [0.15, 0.2) is 29.1 Å². The van der Waals surface area contributed by atoms with Gasteiger partial charge in [0.1, 0.15) is 10.7 Å². The standard InChI is InChI=1S/C21H20N2O3S2/c1-2-12-6-8-13(9-7-12)10-16(27-11-17(24)25)19-22-20(26)18-14-4-3-5-15(14)28-21(18)23-19/h6-10H,2-5,11H2,1H3,(H,24,25)(H,22,23,26)/p-1/b16-10-. The number of aryl methyl sites for hydroxylation is 3. The van der Waals surface area contributed by atoms with Gasteiger partial charge >= 0.3 is 0 Å². The van der Waals surface area contributed by atoms with Crippen molar-refractivity contribution in [2.24, 2.45) is 0 Å². The van der Waals surface area contributed by atoms with Crippen LogP contribution in [-0.4, -0.2) is 21.7 Å². The van der Waals surface area contributed by atoms with Crippen LogP contribution >= 0.6 is 23.1 Å². The van der Waals surface area contributed by atoms with Crippen LogP contribution in [0.25, 0.3) is 21.2 Å². The number of carbonyl (C=O) groups is 1. The smallest absolute Gasteiger partial charge is 0.260 e. The molecule has 0 spiro atoms. The van der Waals surface area contributed by atoms with E-state index in [4.69, 9.17) is 0 Å². The van der Waals surface area contributed by atoms with Gasteiger partial charge in [-0.3, -0.25) is 4.79 Å². The predicted octanol–water partition coefficient (Wildman–Crippen LogP) is 3.02. The fourth-order valence-electron chi connectivity index (χ4n) is 3.44. The second kappa shape index (κ2) is 7.93. The van der Waals surface area contributed by atoms with Gasteiger partial charge in [0, 0.05) is 10.6 Å². The van der Waals surface area contributed by atoms with Crippen LogP contribution in [0.4, 0.5) is 0 Å². The first kappa shape index (κ1) is 19.0. The van der Waals surface area contributed by atoms with Crippen LogP contribution in [-0.2, 0) is 24.1 Å². The third-order valence-electron chi connectivity index (χ3n) is 4.84. The molecule has 1 aliphatic rings. The monoisotopic (exact) mass is 411 g/mol. The van der Waals surface area contributed by atoms with Crippen molar-refractivity contribution in [3.05, 3.63) is 62.0 Å². The quantitative estimate of drug-likeness (QED) is 0.674.